The zero-order chi connectivity index (χ0) is 10.7. The summed E-state index contributed by atoms with van der Waals surface area (Å²) < 4.78 is 2.26. The van der Waals surface area contributed by atoms with Crippen LogP contribution in [-0.4, -0.2) is 20.8 Å². The summed E-state index contributed by atoms with van der Waals surface area (Å²) >= 11 is 0. The molecule has 0 spiro atoms. The largest absolute Gasteiger partial charge is 0.396 e. The lowest BCUT2D eigenvalue weighted by Crippen LogP contribution is -2.39. The number of aromatic nitrogens is 2. The van der Waals surface area contributed by atoms with Crippen LogP contribution in [0.4, 0.5) is 5.69 Å². The highest BCUT2D eigenvalue weighted by atomic mass is 16.3. The van der Waals surface area contributed by atoms with E-state index in [2.05, 4.69) is 0 Å². The average molecular weight is 199 g/mol. The van der Waals surface area contributed by atoms with Gasteiger partial charge in [0.2, 0.25) is 0 Å². The second-order valence-electron chi connectivity index (χ2n) is 3.01. The fourth-order valence-corrected chi connectivity index (χ4v) is 1.18. The van der Waals surface area contributed by atoms with Crippen molar-refractivity contribution in [2.24, 2.45) is 7.05 Å². The average Bonchev–Trinajstić information content (AvgIpc) is 2.15. The van der Waals surface area contributed by atoms with Crippen LogP contribution in [0.2, 0.25) is 0 Å². The lowest BCUT2D eigenvalue weighted by Gasteiger charge is -2.06. The first-order chi connectivity index (χ1) is 6.57. The van der Waals surface area contributed by atoms with Gasteiger partial charge in [0.1, 0.15) is 5.69 Å². The molecule has 0 aliphatic heterocycles. The van der Waals surface area contributed by atoms with Gasteiger partial charge in [0.25, 0.3) is 5.56 Å². The highest BCUT2D eigenvalue weighted by Crippen LogP contribution is 1.88. The first-order valence-corrected chi connectivity index (χ1v) is 4.24. The Morgan fingerprint density at radius 2 is 2.14 bits per heavy atom. The van der Waals surface area contributed by atoms with Crippen LogP contribution in [0.25, 0.3) is 0 Å². The number of rotatable bonds is 3. The van der Waals surface area contributed by atoms with Crippen LogP contribution >= 0.6 is 0 Å². The Labute approximate surface area is 80.2 Å². The standard InChI is InChI=1S/C8H13N3O3/c1-10-5-6(9)7(13)11(8(10)14)3-2-4-12/h5,12H,2-4,9H2,1H3. The first kappa shape index (κ1) is 10.5. The van der Waals surface area contributed by atoms with E-state index >= 15 is 0 Å². The summed E-state index contributed by atoms with van der Waals surface area (Å²) in [5.74, 6) is 0. The van der Waals surface area contributed by atoms with Gasteiger partial charge in [0.05, 0.1) is 0 Å². The van der Waals surface area contributed by atoms with Crippen molar-refractivity contribution >= 4 is 5.69 Å². The Kier molecular flexibility index (Phi) is 3.08. The van der Waals surface area contributed by atoms with Gasteiger partial charge in [-0.3, -0.25) is 9.36 Å². The molecule has 0 aliphatic rings. The van der Waals surface area contributed by atoms with E-state index in [-0.39, 0.29) is 18.8 Å². The normalized spacial score (nSPS) is 10.4. The van der Waals surface area contributed by atoms with Crippen molar-refractivity contribution in [3.05, 3.63) is 27.0 Å². The first-order valence-electron chi connectivity index (χ1n) is 4.24. The summed E-state index contributed by atoms with van der Waals surface area (Å²) in [5, 5.41) is 8.59. The molecule has 0 radical (unpaired) electrons. The van der Waals surface area contributed by atoms with E-state index in [4.69, 9.17) is 10.8 Å². The zero-order valence-corrected chi connectivity index (χ0v) is 7.93. The minimum Gasteiger partial charge on any atom is -0.396 e. The number of anilines is 1. The Morgan fingerprint density at radius 1 is 1.50 bits per heavy atom. The second kappa shape index (κ2) is 4.10. The zero-order valence-electron chi connectivity index (χ0n) is 7.93. The molecule has 78 valence electrons. The third kappa shape index (κ3) is 1.85. The maximum atomic E-state index is 11.4. The molecule has 0 saturated carbocycles. The number of nitrogens with zero attached hydrogens (tertiary/aromatic N) is 2. The van der Waals surface area contributed by atoms with Gasteiger partial charge in [-0.15, -0.1) is 0 Å². The van der Waals surface area contributed by atoms with Crippen LogP contribution in [0.5, 0.6) is 0 Å². The summed E-state index contributed by atoms with van der Waals surface area (Å²) in [6.07, 6.45) is 1.65. The van der Waals surface area contributed by atoms with Gasteiger partial charge >= 0.3 is 5.69 Å². The summed E-state index contributed by atoms with van der Waals surface area (Å²) in [4.78, 5) is 22.8. The number of hydrogen-bond acceptors (Lipinski definition) is 4. The van der Waals surface area contributed by atoms with Gasteiger partial charge in [-0.25, -0.2) is 4.79 Å². The quantitative estimate of drug-likeness (QED) is 0.620. The molecule has 0 aliphatic carbocycles. The summed E-state index contributed by atoms with van der Waals surface area (Å²) in [6, 6.07) is 0. The minimum atomic E-state index is -0.499. The summed E-state index contributed by atoms with van der Waals surface area (Å²) in [6.45, 7) is 0.122. The van der Waals surface area contributed by atoms with Crippen LogP contribution in [0.15, 0.2) is 15.8 Å². The van der Waals surface area contributed by atoms with Crippen LogP contribution in [-0.2, 0) is 13.6 Å². The summed E-state index contributed by atoms with van der Waals surface area (Å²) in [5.41, 5.74) is 4.52. The van der Waals surface area contributed by atoms with Gasteiger partial charge in [-0.2, -0.15) is 0 Å². The Bertz CT molecular complexity index is 398. The molecule has 0 amide bonds. The van der Waals surface area contributed by atoms with Crippen LogP contribution in [0.3, 0.4) is 0 Å². The van der Waals surface area contributed by atoms with E-state index < -0.39 is 11.2 Å². The highest BCUT2D eigenvalue weighted by molar-refractivity contribution is 5.30. The van der Waals surface area contributed by atoms with Gasteiger partial charge in [0, 0.05) is 26.4 Å². The number of nitrogen functional groups attached to an aromatic ring is 1. The van der Waals surface area contributed by atoms with Gasteiger partial charge in [-0.1, -0.05) is 0 Å². The Hall–Kier alpha value is -1.56. The van der Waals surface area contributed by atoms with Crippen molar-refractivity contribution in [1.82, 2.24) is 9.13 Å². The monoisotopic (exact) mass is 199 g/mol. The van der Waals surface area contributed by atoms with Crippen molar-refractivity contribution in [1.29, 1.82) is 0 Å². The van der Waals surface area contributed by atoms with E-state index in [1.54, 1.807) is 0 Å². The molecule has 1 rings (SSSR count). The molecular formula is C8H13N3O3. The van der Waals surface area contributed by atoms with Gasteiger partial charge in [-0.05, 0) is 6.42 Å². The molecule has 1 aromatic heterocycles. The van der Waals surface area contributed by atoms with Crippen molar-refractivity contribution in [3.8, 4) is 0 Å². The predicted octanol–water partition coefficient (Wildman–Crippen LogP) is -1.49. The predicted molar refractivity (Wildman–Crippen MR) is 52.1 cm³/mol. The molecule has 6 heteroatoms. The molecule has 14 heavy (non-hydrogen) atoms. The maximum absolute atomic E-state index is 11.4. The number of aliphatic hydroxyl groups excluding tert-OH is 1. The Morgan fingerprint density at radius 3 is 2.71 bits per heavy atom. The van der Waals surface area contributed by atoms with Crippen molar-refractivity contribution in [3.63, 3.8) is 0 Å². The second-order valence-corrected chi connectivity index (χ2v) is 3.01. The number of aryl methyl sites for hydroxylation is 1. The minimum absolute atomic E-state index is 0.0324. The van der Waals surface area contributed by atoms with Crippen molar-refractivity contribution in [2.45, 2.75) is 13.0 Å². The highest BCUT2D eigenvalue weighted by Gasteiger charge is 2.05. The lowest BCUT2D eigenvalue weighted by molar-refractivity contribution is 0.277. The number of nitrogens with two attached hydrogens (primary N) is 1. The third-order valence-electron chi connectivity index (χ3n) is 1.90. The molecule has 6 nitrogen and oxygen atoms in total. The smallest absolute Gasteiger partial charge is 0.330 e. The van der Waals surface area contributed by atoms with Crippen LogP contribution < -0.4 is 17.0 Å². The molecule has 0 saturated heterocycles. The fraction of sp³-hybridized carbons (Fsp3) is 0.500. The SMILES string of the molecule is Cn1cc(N)c(=O)n(CCCO)c1=O. The van der Waals surface area contributed by atoms with E-state index in [9.17, 15) is 9.59 Å². The molecule has 0 fully saturated rings. The van der Waals surface area contributed by atoms with Gasteiger partial charge in [0.15, 0.2) is 0 Å². The Balaban J connectivity index is 3.26. The topological polar surface area (TPSA) is 90.2 Å². The molecule has 1 heterocycles. The molecule has 0 bridgehead atoms. The van der Waals surface area contributed by atoms with E-state index in [1.807, 2.05) is 0 Å². The fourth-order valence-electron chi connectivity index (χ4n) is 1.18. The molecule has 1 aromatic rings. The van der Waals surface area contributed by atoms with E-state index in [0.717, 1.165) is 4.57 Å². The van der Waals surface area contributed by atoms with E-state index in [1.165, 1.54) is 17.8 Å². The molecular weight excluding hydrogens is 186 g/mol. The number of aliphatic hydroxyl groups is 1. The third-order valence-corrected chi connectivity index (χ3v) is 1.90. The number of hydrogen-bond donors (Lipinski definition) is 2. The lowest BCUT2D eigenvalue weighted by atomic mass is 10.4. The van der Waals surface area contributed by atoms with Crippen LogP contribution in [0, 0.1) is 0 Å². The van der Waals surface area contributed by atoms with E-state index in [0.29, 0.717) is 6.42 Å². The summed E-state index contributed by atoms with van der Waals surface area (Å²) in [7, 11) is 1.52. The maximum Gasteiger partial charge on any atom is 0.330 e. The molecule has 0 unspecified atom stereocenters. The van der Waals surface area contributed by atoms with Crippen molar-refractivity contribution in [2.75, 3.05) is 12.3 Å². The molecule has 0 aromatic carbocycles. The molecule has 3 N–H and O–H groups in total. The van der Waals surface area contributed by atoms with Gasteiger partial charge < -0.3 is 15.4 Å². The molecule has 0 atom stereocenters. The van der Waals surface area contributed by atoms with Crippen molar-refractivity contribution < 1.29 is 5.11 Å². The van der Waals surface area contributed by atoms with Crippen LogP contribution in [0.1, 0.15) is 6.42 Å².